The summed E-state index contributed by atoms with van der Waals surface area (Å²) in [6.45, 7) is 1.27. The summed E-state index contributed by atoms with van der Waals surface area (Å²) in [4.78, 5) is 12.1. The number of amides is 1. The van der Waals surface area contributed by atoms with Crippen molar-refractivity contribution < 1.29 is 17.6 Å². The van der Waals surface area contributed by atoms with Gasteiger partial charge in [-0.2, -0.15) is 9.57 Å². The van der Waals surface area contributed by atoms with Gasteiger partial charge >= 0.3 is 0 Å². The molecule has 0 aliphatic carbocycles. The molecule has 1 amide bonds. The standard InChI is InChI=1S/C17H16FN3O3S/c1-12-3-6-14(18)9-16(12)20-17(22)11-21(2)25(23,24)15-7-4-13(10-19)5-8-15/h3-9H,11H2,1-2H3,(H,20,22). The number of nitrogens with one attached hydrogen (secondary N) is 1. The minimum atomic E-state index is -3.88. The topological polar surface area (TPSA) is 90.3 Å². The molecule has 0 aliphatic heterocycles. The van der Waals surface area contributed by atoms with Gasteiger partial charge in [-0.1, -0.05) is 6.07 Å². The molecule has 6 nitrogen and oxygen atoms in total. The van der Waals surface area contributed by atoms with E-state index in [9.17, 15) is 17.6 Å². The Kier molecular flexibility index (Phi) is 5.51. The average Bonchev–Trinajstić information content (AvgIpc) is 2.58. The van der Waals surface area contributed by atoms with Gasteiger partial charge in [0.15, 0.2) is 0 Å². The Balaban J connectivity index is 2.11. The normalized spacial score (nSPS) is 11.2. The maximum Gasteiger partial charge on any atom is 0.243 e. The maximum absolute atomic E-state index is 13.3. The molecule has 2 aromatic carbocycles. The summed E-state index contributed by atoms with van der Waals surface area (Å²) < 4.78 is 39.0. The number of likely N-dealkylation sites (N-methyl/N-ethyl adjacent to an activating group) is 1. The van der Waals surface area contributed by atoms with Crippen molar-refractivity contribution in [1.29, 1.82) is 5.26 Å². The van der Waals surface area contributed by atoms with Crippen LogP contribution in [-0.4, -0.2) is 32.2 Å². The molecule has 0 aliphatic rings. The Morgan fingerprint density at radius 1 is 1.24 bits per heavy atom. The smallest absolute Gasteiger partial charge is 0.243 e. The zero-order chi connectivity index (χ0) is 18.6. The highest BCUT2D eigenvalue weighted by atomic mass is 32.2. The zero-order valence-corrected chi connectivity index (χ0v) is 14.5. The van der Waals surface area contributed by atoms with E-state index >= 15 is 0 Å². The second-order valence-corrected chi connectivity index (χ2v) is 7.45. The van der Waals surface area contributed by atoms with Crippen LogP contribution >= 0.6 is 0 Å². The molecule has 0 aromatic heterocycles. The number of anilines is 1. The Bertz CT molecular complexity index is 935. The van der Waals surface area contributed by atoms with Crippen LogP contribution in [0, 0.1) is 24.1 Å². The molecule has 0 unspecified atom stereocenters. The lowest BCUT2D eigenvalue weighted by Gasteiger charge is -2.17. The molecule has 0 radical (unpaired) electrons. The number of rotatable bonds is 5. The fourth-order valence-corrected chi connectivity index (χ4v) is 3.21. The number of halogens is 1. The highest BCUT2D eigenvalue weighted by Crippen LogP contribution is 2.17. The van der Waals surface area contributed by atoms with Crippen molar-refractivity contribution in [3.63, 3.8) is 0 Å². The van der Waals surface area contributed by atoms with Crippen molar-refractivity contribution in [3.8, 4) is 6.07 Å². The monoisotopic (exact) mass is 361 g/mol. The van der Waals surface area contributed by atoms with Crippen LogP contribution in [0.3, 0.4) is 0 Å². The number of carbonyl (C=O) groups excluding carboxylic acids is 1. The van der Waals surface area contributed by atoms with E-state index in [0.29, 0.717) is 11.1 Å². The molecule has 2 rings (SSSR count). The minimum absolute atomic E-state index is 0.0243. The molecule has 25 heavy (non-hydrogen) atoms. The van der Waals surface area contributed by atoms with Crippen molar-refractivity contribution in [1.82, 2.24) is 4.31 Å². The summed E-state index contributed by atoms with van der Waals surface area (Å²) in [6.07, 6.45) is 0. The Morgan fingerprint density at radius 2 is 1.88 bits per heavy atom. The predicted molar refractivity (Wildman–Crippen MR) is 90.7 cm³/mol. The number of carbonyl (C=O) groups is 1. The molecule has 130 valence electrons. The van der Waals surface area contributed by atoms with Gasteiger partial charge in [-0.15, -0.1) is 0 Å². The van der Waals surface area contributed by atoms with E-state index in [-0.39, 0.29) is 10.6 Å². The Morgan fingerprint density at radius 3 is 2.48 bits per heavy atom. The van der Waals surface area contributed by atoms with Crippen LogP contribution < -0.4 is 5.32 Å². The first-order valence-electron chi connectivity index (χ1n) is 7.26. The summed E-state index contributed by atoms with van der Waals surface area (Å²) >= 11 is 0. The van der Waals surface area contributed by atoms with Gasteiger partial charge in [-0.3, -0.25) is 4.79 Å². The number of nitrogens with zero attached hydrogens (tertiary/aromatic N) is 2. The summed E-state index contributed by atoms with van der Waals surface area (Å²) in [5, 5.41) is 11.2. The van der Waals surface area contributed by atoms with E-state index in [1.165, 1.54) is 49.5 Å². The Labute approximate surface area is 145 Å². The van der Waals surface area contributed by atoms with Crippen LogP contribution in [0.25, 0.3) is 0 Å². The number of nitriles is 1. The van der Waals surface area contributed by atoms with Crippen molar-refractivity contribution in [2.24, 2.45) is 0 Å². The summed E-state index contributed by atoms with van der Waals surface area (Å²) in [5.74, 6) is -1.09. The lowest BCUT2D eigenvalue weighted by molar-refractivity contribution is -0.116. The van der Waals surface area contributed by atoms with Gasteiger partial charge in [-0.05, 0) is 48.9 Å². The number of hydrogen-bond donors (Lipinski definition) is 1. The lowest BCUT2D eigenvalue weighted by Crippen LogP contribution is -2.35. The molecule has 0 atom stereocenters. The second-order valence-electron chi connectivity index (χ2n) is 5.40. The molecule has 0 bridgehead atoms. The average molecular weight is 361 g/mol. The molecule has 2 aromatic rings. The fourth-order valence-electron chi connectivity index (χ4n) is 2.09. The van der Waals surface area contributed by atoms with Crippen LogP contribution in [0.5, 0.6) is 0 Å². The fraction of sp³-hybridized carbons (Fsp3) is 0.176. The number of aryl methyl sites for hydroxylation is 1. The van der Waals surface area contributed by atoms with Gasteiger partial charge in [0.2, 0.25) is 15.9 Å². The van der Waals surface area contributed by atoms with Crippen molar-refractivity contribution in [2.45, 2.75) is 11.8 Å². The van der Waals surface area contributed by atoms with Crippen LogP contribution in [0.1, 0.15) is 11.1 Å². The van der Waals surface area contributed by atoms with Gasteiger partial charge in [0.1, 0.15) is 5.82 Å². The van der Waals surface area contributed by atoms with Gasteiger partial charge in [0.05, 0.1) is 23.1 Å². The molecular formula is C17H16FN3O3S. The number of benzene rings is 2. The summed E-state index contributed by atoms with van der Waals surface area (Å²) in [6, 6.07) is 11.2. The third-order valence-corrected chi connectivity index (χ3v) is 5.35. The van der Waals surface area contributed by atoms with Crippen LogP contribution in [0.2, 0.25) is 0 Å². The molecule has 0 spiro atoms. The molecule has 1 N–H and O–H groups in total. The SMILES string of the molecule is Cc1ccc(F)cc1NC(=O)CN(C)S(=O)(=O)c1ccc(C#N)cc1. The van der Waals surface area contributed by atoms with Crippen molar-refractivity contribution in [2.75, 3.05) is 18.9 Å². The van der Waals surface area contributed by atoms with Gasteiger partial charge in [-0.25, -0.2) is 12.8 Å². The zero-order valence-electron chi connectivity index (χ0n) is 13.7. The number of hydrogen-bond acceptors (Lipinski definition) is 4. The first-order valence-corrected chi connectivity index (χ1v) is 8.70. The van der Waals surface area contributed by atoms with Crippen molar-refractivity contribution >= 4 is 21.6 Å². The van der Waals surface area contributed by atoms with E-state index in [2.05, 4.69) is 5.32 Å². The molecule has 0 heterocycles. The van der Waals surface area contributed by atoms with Crippen LogP contribution in [-0.2, 0) is 14.8 Å². The highest BCUT2D eigenvalue weighted by Gasteiger charge is 2.23. The summed E-state index contributed by atoms with van der Waals surface area (Å²) in [5.41, 5.74) is 1.28. The van der Waals surface area contributed by atoms with E-state index in [1.54, 1.807) is 6.92 Å². The van der Waals surface area contributed by atoms with E-state index < -0.39 is 28.3 Å². The quantitative estimate of drug-likeness (QED) is 0.884. The lowest BCUT2D eigenvalue weighted by atomic mass is 10.2. The van der Waals surface area contributed by atoms with Crippen LogP contribution in [0.4, 0.5) is 10.1 Å². The highest BCUT2D eigenvalue weighted by molar-refractivity contribution is 7.89. The van der Waals surface area contributed by atoms with E-state index in [0.717, 1.165) is 4.31 Å². The van der Waals surface area contributed by atoms with Crippen molar-refractivity contribution in [3.05, 3.63) is 59.4 Å². The molecular weight excluding hydrogens is 345 g/mol. The first kappa shape index (κ1) is 18.6. The van der Waals surface area contributed by atoms with E-state index in [1.807, 2.05) is 6.07 Å². The maximum atomic E-state index is 13.3. The Hall–Kier alpha value is -2.76. The summed E-state index contributed by atoms with van der Waals surface area (Å²) in [7, 11) is -2.61. The van der Waals surface area contributed by atoms with E-state index in [4.69, 9.17) is 5.26 Å². The molecule has 8 heteroatoms. The third kappa shape index (κ3) is 4.41. The van der Waals surface area contributed by atoms with Crippen LogP contribution in [0.15, 0.2) is 47.4 Å². The molecule has 0 saturated carbocycles. The molecule has 0 fully saturated rings. The van der Waals surface area contributed by atoms with Gasteiger partial charge in [0.25, 0.3) is 0 Å². The molecule has 0 saturated heterocycles. The third-order valence-electron chi connectivity index (χ3n) is 3.53. The first-order chi connectivity index (χ1) is 11.7. The predicted octanol–water partition coefficient (Wildman–Crippen LogP) is 2.26. The van der Waals surface area contributed by atoms with Gasteiger partial charge < -0.3 is 5.32 Å². The second kappa shape index (κ2) is 7.42. The van der Waals surface area contributed by atoms with Gasteiger partial charge in [0, 0.05) is 12.7 Å². The largest absolute Gasteiger partial charge is 0.325 e. The minimum Gasteiger partial charge on any atom is -0.325 e. The number of sulfonamides is 1.